The molecule has 25 heavy (non-hydrogen) atoms. The molecular weight excluding hydrogens is 548 g/mol. The number of Topliss-reactive ketones (excluding diaryl/α,β-unsaturated/α-hetero) is 1. The SMILES string of the molecule is CC1=C(Br)C(=O)[C@@](C)(Br)[C@H](Br)C1=NS(=O)(=O)c1cccc([N+](=O)[O-])c1. The zero-order chi connectivity index (χ0) is 19.2. The van der Waals surface area contributed by atoms with E-state index in [1.807, 2.05) is 0 Å². The average Bonchev–Trinajstić information content (AvgIpc) is 2.56. The number of hydrogen-bond donors (Lipinski definition) is 0. The fraction of sp³-hybridized carbons (Fsp3) is 0.286. The normalized spacial score (nSPS) is 26.2. The van der Waals surface area contributed by atoms with E-state index < -0.39 is 24.1 Å². The molecule has 1 aliphatic carbocycles. The Hall–Kier alpha value is -0.910. The molecule has 0 spiro atoms. The Morgan fingerprint density at radius 3 is 2.52 bits per heavy atom. The first kappa shape index (κ1) is 20.4. The van der Waals surface area contributed by atoms with E-state index in [-0.39, 0.29) is 26.6 Å². The Labute approximate surface area is 169 Å². The fourth-order valence-corrected chi connectivity index (χ4v) is 5.33. The van der Waals surface area contributed by atoms with Crippen LogP contribution in [0, 0.1) is 10.1 Å². The highest BCUT2D eigenvalue weighted by molar-refractivity contribution is 9.13. The Balaban J connectivity index is 2.63. The summed E-state index contributed by atoms with van der Waals surface area (Å²) < 4.78 is 28.1. The van der Waals surface area contributed by atoms with Gasteiger partial charge in [0.15, 0.2) is 5.78 Å². The molecule has 0 amide bonds. The molecule has 0 heterocycles. The lowest BCUT2D eigenvalue weighted by Crippen LogP contribution is -2.47. The second kappa shape index (κ2) is 7.01. The van der Waals surface area contributed by atoms with Crippen molar-refractivity contribution >= 4 is 75.0 Å². The van der Waals surface area contributed by atoms with Crippen LogP contribution in [0.15, 0.2) is 43.6 Å². The van der Waals surface area contributed by atoms with Crippen LogP contribution in [0.3, 0.4) is 0 Å². The van der Waals surface area contributed by atoms with Crippen molar-refractivity contribution in [3.63, 3.8) is 0 Å². The predicted molar refractivity (Wildman–Crippen MR) is 104 cm³/mol. The fourth-order valence-electron chi connectivity index (χ4n) is 2.11. The van der Waals surface area contributed by atoms with Crippen molar-refractivity contribution in [1.82, 2.24) is 0 Å². The number of carbonyl (C=O) groups excluding carboxylic acids is 1. The van der Waals surface area contributed by atoms with Crippen molar-refractivity contribution in [2.45, 2.75) is 27.9 Å². The van der Waals surface area contributed by atoms with Gasteiger partial charge in [0.25, 0.3) is 15.7 Å². The Morgan fingerprint density at radius 1 is 1.36 bits per heavy atom. The highest BCUT2D eigenvalue weighted by atomic mass is 79.9. The zero-order valence-electron chi connectivity index (χ0n) is 12.9. The number of carbonyl (C=O) groups is 1. The minimum Gasteiger partial charge on any atom is -0.292 e. The molecular formula is C14H11Br3N2O5S. The third-order valence-electron chi connectivity index (χ3n) is 3.62. The third kappa shape index (κ3) is 3.79. The highest BCUT2D eigenvalue weighted by Gasteiger charge is 2.47. The van der Waals surface area contributed by atoms with E-state index in [1.54, 1.807) is 13.8 Å². The molecule has 2 rings (SSSR count). The van der Waals surface area contributed by atoms with E-state index in [4.69, 9.17) is 0 Å². The average molecular weight is 559 g/mol. The van der Waals surface area contributed by atoms with E-state index in [1.165, 1.54) is 18.2 Å². The van der Waals surface area contributed by atoms with Gasteiger partial charge < -0.3 is 0 Å². The first-order chi connectivity index (χ1) is 11.4. The summed E-state index contributed by atoms with van der Waals surface area (Å²) in [7, 11) is -4.21. The molecule has 0 aliphatic heterocycles. The van der Waals surface area contributed by atoms with Gasteiger partial charge in [-0.25, -0.2) is 0 Å². The molecule has 0 saturated carbocycles. The molecule has 0 saturated heterocycles. The Morgan fingerprint density at radius 2 is 1.96 bits per heavy atom. The molecule has 134 valence electrons. The first-order valence-corrected chi connectivity index (χ1v) is 10.7. The number of alkyl halides is 2. The third-order valence-corrected chi connectivity index (χ3v) is 8.64. The second-order valence-corrected chi connectivity index (χ2v) is 10.4. The monoisotopic (exact) mass is 556 g/mol. The number of halogens is 3. The smallest absolute Gasteiger partial charge is 0.282 e. The molecule has 7 nitrogen and oxygen atoms in total. The molecule has 0 aromatic heterocycles. The van der Waals surface area contributed by atoms with Crippen molar-refractivity contribution < 1.29 is 18.1 Å². The number of allylic oxidation sites excluding steroid dienone is 2. The largest absolute Gasteiger partial charge is 0.292 e. The van der Waals surface area contributed by atoms with Crippen LogP contribution in [0.25, 0.3) is 0 Å². The van der Waals surface area contributed by atoms with Crippen molar-refractivity contribution in [1.29, 1.82) is 0 Å². The van der Waals surface area contributed by atoms with Crippen LogP contribution in [-0.4, -0.2) is 34.0 Å². The predicted octanol–water partition coefficient (Wildman–Crippen LogP) is 3.89. The quantitative estimate of drug-likeness (QED) is 0.318. The van der Waals surface area contributed by atoms with Gasteiger partial charge in [-0.1, -0.05) is 37.9 Å². The summed E-state index contributed by atoms with van der Waals surface area (Å²) in [5.74, 6) is -0.251. The van der Waals surface area contributed by atoms with Gasteiger partial charge in [-0.05, 0) is 41.4 Å². The van der Waals surface area contributed by atoms with Crippen molar-refractivity contribution in [3.8, 4) is 0 Å². The van der Waals surface area contributed by atoms with Crippen LogP contribution < -0.4 is 0 Å². The van der Waals surface area contributed by atoms with Gasteiger partial charge in [-0.2, -0.15) is 12.8 Å². The summed E-state index contributed by atoms with van der Waals surface area (Å²) in [5.41, 5.74) is 0.157. The molecule has 1 aliphatic rings. The zero-order valence-corrected chi connectivity index (χ0v) is 18.4. The summed E-state index contributed by atoms with van der Waals surface area (Å²) in [6.07, 6.45) is 0. The molecule has 0 bridgehead atoms. The molecule has 2 atom stereocenters. The Bertz CT molecular complexity index is 938. The maximum absolute atomic E-state index is 12.6. The van der Waals surface area contributed by atoms with E-state index in [0.29, 0.717) is 5.57 Å². The molecule has 1 aromatic carbocycles. The van der Waals surface area contributed by atoms with E-state index in [2.05, 4.69) is 52.2 Å². The second-order valence-electron chi connectivity index (χ2n) is 5.41. The van der Waals surface area contributed by atoms with E-state index in [0.717, 1.165) is 6.07 Å². The van der Waals surface area contributed by atoms with Gasteiger partial charge in [0.05, 0.1) is 24.8 Å². The van der Waals surface area contributed by atoms with E-state index in [9.17, 15) is 23.3 Å². The minimum absolute atomic E-state index is 0.136. The number of nitrogens with zero attached hydrogens (tertiary/aromatic N) is 2. The molecule has 0 fully saturated rings. The molecule has 1 aromatic rings. The van der Waals surface area contributed by atoms with Crippen molar-refractivity contribution in [2.75, 3.05) is 0 Å². The number of rotatable bonds is 3. The number of non-ortho nitro benzene ring substituents is 1. The molecule has 0 unspecified atom stereocenters. The Kier molecular flexibility index (Phi) is 5.72. The first-order valence-electron chi connectivity index (χ1n) is 6.73. The number of hydrogen-bond acceptors (Lipinski definition) is 5. The molecule has 0 N–H and O–H groups in total. The summed E-state index contributed by atoms with van der Waals surface area (Å²) in [6.45, 7) is 3.16. The van der Waals surface area contributed by atoms with Gasteiger partial charge in [-0.15, -0.1) is 0 Å². The van der Waals surface area contributed by atoms with Gasteiger partial charge in [0, 0.05) is 12.1 Å². The van der Waals surface area contributed by atoms with Crippen molar-refractivity contribution in [3.05, 3.63) is 44.4 Å². The van der Waals surface area contributed by atoms with E-state index >= 15 is 0 Å². The van der Waals surface area contributed by atoms with Crippen LogP contribution in [-0.2, 0) is 14.8 Å². The van der Waals surface area contributed by atoms with Crippen molar-refractivity contribution in [2.24, 2.45) is 4.40 Å². The summed E-state index contributed by atoms with van der Waals surface area (Å²) in [6, 6.07) is 4.63. The summed E-state index contributed by atoms with van der Waals surface area (Å²) in [5, 5.41) is 10.8. The van der Waals surface area contributed by atoms with Gasteiger partial charge in [-0.3, -0.25) is 14.9 Å². The lowest BCUT2D eigenvalue weighted by Gasteiger charge is -2.33. The lowest BCUT2D eigenvalue weighted by atomic mass is 9.88. The number of nitro benzene ring substituents is 1. The van der Waals surface area contributed by atoms with Crippen LogP contribution in [0.1, 0.15) is 13.8 Å². The number of sulfonamides is 1. The summed E-state index contributed by atoms with van der Waals surface area (Å²) in [4.78, 5) is 21.5. The van der Waals surface area contributed by atoms with Gasteiger partial charge in [0.1, 0.15) is 4.32 Å². The number of benzene rings is 1. The highest BCUT2D eigenvalue weighted by Crippen LogP contribution is 2.41. The molecule has 11 heteroatoms. The van der Waals surface area contributed by atoms with Crippen LogP contribution in [0.5, 0.6) is 0 Å². The number of nitro groups is 1. The maximum atomic E-state index is 12.6. The van der Waals surface area contributed by atoms with Crippen LogP contribution in [0.4, 0.5) is 5.69 Å². The van der Waals surface area contributed by atoms with Crippen LogP contribution in [0.2, 0.25) is 0 Å². The topological polar surface area (TPSA) is 107 Å². The lowest BCUT2D eigenvalue weighted by molar-refractivity contribution is -0.385. The standard InChI is InChI=1S/C14H11Br3N2O5S/c1-7-10(15)13(20)14(2,17)12(16)11(7)18-25(23,24)9-5-3-4-8(6-9)19(21)22/h3-6,12H,1-2H3/t12-,14+/m1/s1. The number of ketones is 1. The van der Waals surface area contributed by atoms with Gasteiger partial charge in [0.2, 0.25) is 0 Å². The van der Waals surface area contributed by atoms with Gasteiger partial charge >= 0.3 is 0 Å². The molecule has 0 radical (unpaired) electrons. The maximum Gasteiger partial charge on any atom is 0.282 e. The van der Waals surface area contributed by atoms with Crippen LogP contribution >= 0.6 is 47.8 Å². The summed E-state index contributed by atoms with van der Waals surface area (Å²) >= 11 is 9.79. The minimum atomic E-state index is -4.21.